The summed E-state index contributed by atoms with van der Waals surface area (Å²) < 4.78 is 33.0. The van der Waals surface area contributed by atoms with Gasteiger partial charge in [-0.25, -0.2) is 8.42 Å². The van der Waals surface area contributed by atoms with Gasteiger partial charge in [0.25, 0.3) is 0 Å². The molecular weight excluding hydrogens is 452 g/mol. The molecule has 2 fully saturated rings. The first-order chi connectivity index (χ1) is 16.3. The molecule has 0 spiro atoms. The van der Waals surface area contributed by atoms with E-state index in [1.807, 2.05) is 44.2 Å². The number of benzene rings is 2. The summed E-state index contributed by atoms with van der Waals surface area (Å²) in [6, 6.07) is 13.4. The molecule has 9 heteroatoms. The van der Waals surface area contributed by atoms with Gasteiger partial charge in [0, 0.05) is 64.1 Å². The Hall–Kier alpha value is -2.62. The van der Waals surface area contributed by atoms with E-state index in [9.17, 15) is 13.2 Å². The van der Waals surface area contributed by atoms with Crippen LogP contribution in [0.2, 0.25) is 0 Å². The predicted octanol–water partition coefficient (Wildman–Crippen LogP) is 1.97. The van der Waals surface area contributed by atoms with Crippen LogP contribution < -0.4 is 9.64 Å². The molecule has 2 aliphatic rings. The van der Waals surface area contributed by atoms with Crippen LogP contribution in [-0.2, 0) is 14.8 Å². The largest absolute Gasteiger partial charge is 0.497 e. The summed E-state index contributed by atoms with van der Waals surface area (Å²) in [6.45, 7) is 8.96. The Morgan fingerprint density at radius 3 is 2.26 bits per heavy atom. The average molecular weight is 487 g/mol. The van der Waals surface area contributed by atoms with Crippen molar-refractivity contribution < 1.29 is 17.9 Å². The Morgan fingerprint density at radius 1 is 0.912 bits per heavy atom. The summed E-state index contributed by atoms with van der Waals surface area (Å²) in [5, 5.41) is 0. The van der Waals surface area contributed by atoms with E-state index in [1.54, 1.807) is 18.1 Å². The zero-order valence-corrected chi connectivity index (χ0v) is 21.1. The van der Waals surface area contributed by atoms with Gasteiger partial charge in [-0.05, 0) is 37.6 Å². The second kappa shape index (κ2) is 10.3. The van der Waals surface area contributed by atoms with Gasteiger partial charge in [0.1, 0.15) is 5.75 Å². The monoisotopic (exact) mass is 486 g/mol. The standard InChI is InChI=1S/C25H34N4O4S/c1-20-7-8-24(21(2)17-20)34(31,32)29-15-13-28(14-16-29)25(30)19-26-9-11-27(12-10-26)22-5-4-6-23(18-22)33-3/h4-8,17-18H,9-16,19H2,1-3H3. The number of carbonyl (C=O) groups is 1. The van der Waals surface area contributed by atoms with Gasteiger partial charge in [0.05, 0.1) is 18.6 Å². The molecule has 2 aromatic carbocycles. The van der Waals surface area contributed by atoms with Crippen molar-refractivity contribution in [1.82, 2.24) is 14.1 Å². The molecule has 0 aliphatic carbocycles. The average Bonchev–Trinajstić information content (AvgIpc) is 2.84. The van der Waals surface area contributed by atoms with Crippen molar-refractivity contribution >= 4 is 21.6 Å². The van der Waals surface area contributed by atoms with Crippen LogP contribution in [0.4, 0.5) is 5.69 Å². The highest BCUT2D eigenvalue weighted by atomic mass is 32.2. The molecule has 0 saturated carbocycles. The van der Waals surface area contributed by atoms with Gasteiger partial charge in [-0.1, -0.05) is 23.8 Å². The third kappa shape index (κ3) is 5.37. The summed E-state index contributed by atoms with van der Waals surface area (Å²) >= 11 is 0. The summed E-state index contributed by atoms with van der Waals surface area (Å²) in [4.78, 5) is 19.5. The topological polar surface area (TPSA) is 73.4 Å². The highest BCUT2D eigenvalue weighted by molar-refractivity contribution is 7.89. The number of rotatable bonds is 6. The number of nitrogens with zero attached hydrogens (tertiary/aromatic N) is 4. The van der Waals surface area contributed by atoms with Crippen LogP contribution in [0.3, 0.4) is 0 Å². The van der Waals surface area contributed by atoms with Crippen LogP contribution in [0.15, 0.2) is 47.4 Å². The summed E-state index contributed by atoms with van der Waals surface area (Å²) in [5.41, 5.74) is 2.93. The summed E-state index contributed by atoms with van der Waals surface area (Å²) in [6.07, 6.45) is 0. The number of ether oxygens (including phenoxy) is 1. The van der Waals surface area contributed by atoms with E-state index < -0.39 is 10.0 Å². The van der Waals surface area contributed by atoms with Crippen molar-refractivity contribution in [3.05, 3.63) is 53.6 Å². The minimum absolute atomic E-state index is 0.0680. The number of carbonyl (C=O) groups excluding carboxylic acids is 1. The molecule has 0 atom stereocenters. The van der Waals surface area contributed by atoms with Crippen molar-refractivity contribution in [1.29, 1.82) is 0 Å². The summed E-state index contributed by atoms with van der Waals surface area (Å²) in [7, 11) is -1.88. The van der Waals surface area contributed by atoms with Gasteiger partial charge in [-0.15, -0.1) is 0 Å². The lowest BCUT2D eigenvalue weighted by molar-refractivity contribution is -0.133. The van der Waals surface area contributed by atoms with Crippen LogP contribution >= 0.6 is 0 Å². The molecule has 34 heavy (non-hydrogen) atoms. The Labute approximate surface area is 202 Å². The van der Waals surface area contributed by atoms with E-state index >= 15 is 0 Å². The van der Waals surface area contributed by atoms with Gasteiger partial charge < -0.3 is 14.5 Å². The van der Waals surface area contributed by atoms with E-state index in [1.165, 1.54) is 4.31 Å². The molecule has 2 saturated heterocycles. The molecule has 2 heterocycles. The lowest BCUT2D eigenvalue weighted by Crippen LogP contribution is -2.54. The highest BCUT2D eigenvalue weighted by Crippen LogP contribution is 2.23. The smallest absolute Gasteiger partial charge is 0.243 e. The van der Waals surface area contributed by atoms with Gasteiger partial charge in [0.15, 0.2) is 0 Å². The second-order valence-electron chi connectivity index (χ2n) is 9.02. The molecule has 2 aliphatic heterocycles. The molecule has 8 nitrogen and oxygen atoms in total. The number of methoxy groups -OCH3 is 1. The van der Waals surface area contributed by atoms with Gasteiger partial charge >= 0.3 is 0 Å². The van der Waals surface area contributed by atoms with Gasteiger partial charge in [0.2, 0.25) is 15.9 Å². The fourth-order valence-electron chi connectivity index (χ4n) is 4.67. The van der Waals surface area contributed by atoms with Gasteiger partial charge in [-0.2, -0.15) is 4.31 Å². The summed E-state index contributed by atoms with van der Waals surface area (Å²) in [5.74, 6) is 0.909. The molecule has 0 N–H and O–H groups in total. The van der Waals surface area contributed by atoms with E-state index in [-0.39, 0.29) is 5.91 Å². The Morgan fingerprint density at radius 2 is 1.62 bits per heavy atom. The second-order valence-corrected chi connectivity index (χ2v) is 10.9. The molecule has 0 radical (unpaired) electrons. The maximum Gasteiger partial charge on any atom is 0.243 e. The van der Waals surface area contributed by atoms with E-state index in [0.29, 0.717) is 37.6 Å². The van der Waals surface area contributed by atoms with Crippen molar-refractivity contribution in [2.45, 2.75) is 18.7 Å². The van der Waals surface area contributed by atoms with Crippen molar-refractivity contribution in [3.63, 3.8) is 0 Å². The number of sulfonamides is 1. The first-order valence-electron chi connectivity index (χ1n) is 11.7. The Kier molecular flexibility index (Phi) is 7.45. The minimum atomic E-state index is -3.55. The van der Waals surface area contributed by atoms with E-state index in [2.05, 4.69) is 15.9 Å². The molecule has 4 rings (SSSR count). The molecule has 0 bridgehead atoms. The predicted molar refractivity (Wildman–Crippen MR) is 133 cm³/mol. The van der Waals surface area contributed by atoms with E-state index in [4.69, 9.17) is 4.74 Å². The normalized spacial score (nSPS) is 18.2. The Balaban J connectivity index is 1.27. The maximum atomic E-state index is 13.1. The third-order valence-electron chi connectivity index (χ3n) is 6.69. The number of aryl methyl sites for hydroxylation is 2. The lowest BCUT2D eigenvalue weighted by atomic mass is 10.2. The lowest BCUT2D eigenvalue weighted by Gasteiger charge is -2.38. The minimum Gasteiger partial charge on any atom is -0.497 e. The molecule has 184 valence electrons. The van der Waals surface area contributed by atoms with Crippen LogP contribution in [0.5, 0.6) is 5.75 Å². The molecule has 0 unspecified atom stereocenters. The molecule has 0 aromatic heterocycles. The number of hydrogen-bond acceptors (Lipinski definition) is 6. The van der Waals surface area contributed by atoms with Crippen molar-refractivity contribution in [3.8, 4) is 5.75 Å². The number of hydrogen-bond donors (Lipinski definition) is 0. The number of anilines is 1. The molecule has 1 amide bonds. The zero-order valence-electron chi connectivity index (χ0n) is 20.2. The van der Waals surface area contributed by atoms with E-state index in [0.717, 1.165) is 48.7 Å². The van der Waals surface area contributed by atoms with Crippen LogP contribution in [0, 0.1) is 13.8 Å². The number of piperazine rings is 2. The van der Waals surface area contributed by atoms with Crippen LogP contribution in [0.1, 0.15) is 11.1 Å². The first kappa shape index (κ1) is 24.5. The quantitative estimate of drug-likeness (QED) is 0.622. The van der Waals surface area contributed by atoms with Gasteiger partial charge in [-0.3, -0.25) is 9.69 Å². The third-order valence-corrected chi connectivity index (χ3v) is 8.75. The SMILES string of the molecule is COc1cccc(N2CCN(CC(=O)N3CCN(S(=O)(=O)c4ccc(C)cc4C)CC3)CC2)c1. The van der Waals surface area contributed by atoms with Crippen molar-refractivity contribution in [2.75, 3.05) is 70.9 Å². The van der Waals surface area contributed by atoms with Crippen LogP contribution in [0.25, 0.3) is 0 Å². The molecule has 2 aromatic rings. The highest BCUT2D eigenvalue weighted by Gasteiger charge is 2.31. The Bertz CT molecular complexity index is 1120. The van der Waals surface area contributed by atoms with Crippen molar-refractivity contribution in [2.24, 2.45) is 0 Å². The first-order valence-corrected chi connectivity index (χ1v) is 13.2. The zero-order chi connectivity index (χ0) is 24.3. The fourth-order valence-corrected chi connectivity index (χ4v) is 6.30. The van der Waals surface area contributed by atoms with Crippen LogP contribution in [-0.4, -0.2) is 94.4 Å². The maximum absolute atomic E-state index is 13.1. The fraction of sp³-hybridized carbons (Fsp3) is 0.480. The molecular formula is C25H34N4O4S. The number of amides is 1.